The summed E-state index contributed by atoms with van der Waals surface area (Å²) >= 11 is 0.992. The molecule has 29 heavy (non-hydrogen) atoms. The fourth-order valence-corrected chi connectivity index (χ4v) is 3.90. The molecule has 0 aliphatic heterocycles. The van der Waals surface area contributed by atoms with Gasteiger partial charge >= 0.3 is 0 Å². The quantitative estimate of drug-likeness (QED) is 0.165. The van der Waals surface area contributed by atoms with Gasteiger partial charge in [0.15, 0.2) is 9.84 Å². The first-order valence-electron chi connectivity index (χ1n) is 8.51. The van der Waals surface area contributed by atoms with E-state index in [1.54, 1.807) is 18.2 Å². The van der Waals surface area contributed by atoms with Gasteiger partial charge in [-0.25, -0.2) is 13.3 Å². The number of anilines is 2. The summed E-state index contributed by atoms with van der Waals surface area (Å²) in [5.41, 5.74) is 12.3. The Kier molecular flexibility index (Phi) is 8.86. The van der Waals surface area contributed by atoms with Crippen molar-refractivity contribution in [3.8, 4) is 11.5 Å². The molecule has 2 rings (SSSR count). The van der Waals surface area contributed by atoms with E-state index in [2.05, 4.69) is 0 Å². The van der Waals surface area contributed by atoms with Gasteiger partial charge in [-0.3, -0.25) is 0 Å². The molecule has 0 aliphatic rings. The SMILES string of the molecule is COc1ccc(SOOCCOCCS(=O)(=O)c2ccc(OC)c(N)c2)cc1N. The monoisotopic (exact) mass is 444 g/mol. The normalized spacial score (nSPS) is 11.4. The summed E-state index contributed by atoms with van der Waals surface area (Å²) in [7, 11) is -0.510. The summed E-state index contributed by atoms with van der Waals surface area (Å²) in [6.45, 7) is 0.319. The van der Waals surface area contributed by atoms with Gasteiger partial charge < -0.3 is 25.7 Å². The molecule has 2 aromatic carbocycles. The Balaban J connectivity index is 1.64. The minimum Gasteiger partial charge on any atom is -0.495 e. The number of sulfone groups is 1. The number of hydrogen-bond acceptors (Lipinski definition) is 10. The van der Waals surface area contributed by atoms with Crippen LogP contribution in [0.3, 0.4) is 0 Å². The largest absolute Gasteiger partial charge is 0.495 e. The van der Waals surface area contributed by atoms with Crippen LogP contribution < -0.4 is 20.9 Å². The molecule has 0 aromatic heterocycles. The third kappa shape index (κ3) is 6.98. The molecule has 4 N–H and O–H groups in total. The van der Waals surface area contributed by atoms with Crippen molar-refractivity contribution in [2.24, 2.45) is 0 Å². The molecule has 160 valence electrons. The van der Waals surface area contributed by atoms with Crippen molar-refractivity contribution in [2.75, 3.05) is 51.3 Å². The molecular weight excluding hydrogens is 420 g/mol. The summed E-state index contributed by atoms with van der Waals surface area (Å²) in [6.07, 6.45) is 0. The van der Waals surface area contributed by atoms with Crippen LogP contribution in [0.25, 0.3) is 0 Å². The summed E-state index contributed by atoms with van der Waals surface area (Å²) in [5.74, 6) is 0.822. The maximum absolute atomic E-state index is 12.3. The van der Waals surface area contributed by atoms with E-state index >= 15 is 0 Å². The molecule has 0 saturated heterocycles. The molecule has 0 heterocycles. The maximum Gasteiger partial charge on any atom is 0.180 e. The van der Waals surface area contributed by atoms with Crippen LogP contribution in [0.2, 0.25) is 0 Å². The van der Waals surface area contributed by atoms with Crippen LogP contribution in [0.4, 0.5) is 11.4 Å². The highest BCUT2D eigenvalue weighted by Gasteiger charge is 2.16. The van der Waals surface area contributed by atoms with Crippen LogP contribution >= 0.6 is 12.0 Å². The number of ether oxygens (including phenoxy) is 3. The van der Waals surface area contributed by atoms with Crippen LogP contribution in [0.1, 0.15) is 0 Å². The first-order chi connectivity index (χ1) is 13.9. The second kappa shape index (κ2) is 11.1. The Labute approximate surface area is 174 Å². The Hall–Kier alpha value is -2.18. The summed E-state index contributed by atoms with van der Waals surface area (Å²) in [6, 6.07) is 9.53. The zero-order chi connectivity index (χ0) is 21.3. The minimum absolute atomic E-state index is 0.0137. The molecule has 0 radical (unpaired) electrons. The molecule has 2 aromatic rings. The standard InChI is InChI=1S/C18H24N2O7S2/c1-23-17-5-3-13(11-15(17)19)28-27-26-8-7-25-9-10-29(21,22)14-4-6-18(24-2)16(20)12-14/h3-6,11-12H,7-10,19-20H2,1-2H3. The summed E-state index contributed by atoms with van der Waals surface area (Å²) in [5, 5.41) is 0. The molecule has 0 amide bonds. The van der Waals surface area contributed by atoms with Crippen molar-refractivity contribution < 1.29 is 31.8 Å². The number of benzene rings is 2. The number of rotatable bonds is 12. The molecule has 9 nitrogen and oxygen atoms in total. The summed E-state index contributed by atoms with van der Waals surface area (Å²) in [4.78, 5) is 5.84. The lowest BCUT2D eigenvalue weighted by Crippen LogP contribution is -2.14. The third-order valence-electron chi connectivity index (χ3n) is 3.75. The molecule has 0 aliphatic carbocycles. The Bertz CT molecular complexity index is 907. The zero-order valence-corrected chi connectivity index (χ0v) is 17.8. The topological polar surface area (TPSA) is 132 Å². The van der Waals surface area contributed by atoms with Crippen LogP contribution in [0.5, 0.6) is 11.5 Å². The highest BCUT2D eigenvalue weighted by molar-refractivity contribution is 7.94. The number of methoxy groups -OCH3 is 2. The predicted octanol–water partition coefficient (Wildman–Crippen LogP) is 2.31. The van der Waals surface area contributed by atoms with Gasteiger partial charge in [0.05, 0.1) is 61.5 Å². The Morgan fingerprint density at radius 3 is 2.17 bits per heavy atom. The van der Waals surface area contributed by atoms with Crippen LogP contribution in [0, 0.1) is 0 Å². The van der Waals surface area contributed by atoms with Crippen molar-refractivity contribution in [3.05, 3.63) is 36.4 Å². The fraction of sp³-hybridized carbons (Fsp3) is 0.333. The van der Waals surface area contributed by atoms with Crippen molar-refractivity contribution >= 4 is 33.3 Å². The number of hydrogen-bond donors (Lipinski definition) is 2. The second-order valence-electron chi connectivity index (χ2n) is 5.71. The zero-order valence-electron chi connectivity index (χ0n) is 16.1. The third-order valence-corrected chi connectivity index (χ3v) is 6.03. The van der Waals surface area contributed by atoms with Crippen LogP contribution in [-0.4, -0.2) is 48.2 Å². The van der Waals surface area contributed by atoms with Gasteiger partial charge in [-0.2, -0.15) is 4.33 Å². The van der Waals surface area contributed by atoms with Crippen molar-refractivity contribution in [1.82, 2.24) is 0 Å². The van der Waals surface area contributed by atoms with E-state index in [4.69, 9.17) is 34.9 Å². The first-order valence-corrected chi connectivity index (χ1v) is 10.9. The average Bonchev–Trinajstić information content (AvgIpc) is 2.70. The number of nitrogens with two attached hydrogens (primary N) is 2. The highest BCUT2D eigenvalue weighted by atomic mass is 32.2. The van der Waals surface area contributed by atoms with Crippen molar-refractivity contribution in [3.63, 3.8) is 0 Å². The van der Waals surface area contributed by atoms with Gasteiger partial charge in [0.1, 0.15) is 18.1 Å². The van der Waals surface area contributed by atoms with Crippen LogP contribution in [0.15, 0.2) is 46.2 Å². The van der Waals surface area contributed by atoms with E-state index < -0.39 is 9.84 Å². The fourth-order valence-electron chi connectivity index (χ4n) is 2.25. The second-order valence-corrected chi connectivity index (χ2v) is 8.60. The van der Waals surface area contributed by atoms with E-state index in [-0.39, 0.29) is 36.2 Å². The highest BCUT2D eigenvalue weighted by Crippen LogP contribution is 2.28. The van der Waals surface area contributed by atoms with E-state index in [9.17, 15) is 8.42 Å². The Morgan fingerprint density at radius 1 is 0.897 bits per heavy atom. The smallest absolute Gasteiger partial charge is 0.180 e. The lowest BCUT2D eigenvalue weighted by atomic mass is 10.3. The van der Waals surface area contributed by atoms with Gasteiger partial charge in [-0.15, -0.1) is 0 Å². The van der Waals surface area contributed by atoms with Crippen molar-refractivity contribution in [2.45, 2.75) is 9.79 Å². The molecule has 0 fully saturated rings. The van der Waals surface area contributed by atoms with Crippen molar-refractivity contribution in [1.29, 1.82) is 0 Å². The molecule has 0 bridgehead atoms. The Morgan fingerprint density at radius 2 is 1.55 bits per heavy atom. The van der Waals surface area contributed by atoms with E-state index in [1.165, 1.54) is 32.4 Å². The van der Waals surface area contributed by atoms with Crippen LogP contribution in [-0.2, 0) is 23.8 Å². The average molecular weight is 445 g/mol. The molecule has 0 unspecified atom stereocenters. The minimum atomic E-state index is -3.51. The van der Waals surface area contributed by atoms with Gasteiger partial charge in [0, 0.05) is 4.90 Å². The van der Waals surface area contributed by atoms with E-state index in [0.29, 0.717) is 17.2 Å². The van der Waals surface area contributed by atoms with Gasteiger partial charge in [0.25, 0.3) is 0 Å². The maximum atomic E-state index is 12.3. The van der Waals surface area contributed by atoms with Gasteiger partial charge in [-0.05, 0) is 36.4 Å². The number of nitrogen functional groups attached to an aromatic ring is 2. The van der Waals surface area contributed by atoms with Gasteiger partial charge in [-0.1, -0.05) is 0 Å². The molecule has 0 spiro atoms. The predicted molar refractivity (Wildman–Crippen MR) is 111 cm³/mol. The first kappa shape index (κ1) is 23.1. The molecular formula is C18H24N2O7S2. The molecule has 0 atom stereocenters. The van der Waals surface area contributed by atoms with Gasteiger partial charge in [0.2, 0.25) is 0 Å². The lowest BCUT2D eigenvalue weighted by molar-refractivity contribution is -0.199. The molecule has 0 saturated carbocycles. The lowest BCUT2D eigenvalue weighted by Gasteiger charge is -2.09. The van der Waals surface area contributed by atoms with E-state index in [0.717, 1.165) is 16.9 Å². The molecule has 11 heteroatoms. The van der Waals surface area contributed by atoms with E-state index in [1.807, 2.05) is 0 Å². The summed E-state index contributed by atoms with van der Waals surface area (Å²) < 4.78 is 45.0.